The van der Waals surface area contributed by atoms with E-state index in [1.807, 2.05) is 0 Å². The number of non-ortho nitro benzene ring substituents is 1. The molecule has 0 aromatic heterocycles. The summed E-state index contributed by atoms with van der Waals surface area (Å²) in [6, 6.07) is 5.20. The Hall–Kier alpha value is -1.74. The Labute approximate surface area is 108 Å². The van der Waals surface area contributed by atoms with Crippen LogP contribution in [0.5, 0.6) is 5.75 Å². The molecule has 1 saturated heterocycles. The molecule has 1 heterocycles. The molecular formula is C11H13NO7. The lowest BCUT2D eigenvalue weighted by molar-refractivity contribution is -0.384. The van der Waals surface area contributed by atoms with Gasteiger partial charge in [-0.2, -0.15) is 0 Å². The van der Waals surface area contributed by atoms with Crippen LogP contribution in [-0.2, 0) is 4.74 Å². The first-order chi connectivity index (χ1) is 9.02. The highest BCUT2D eigenvalue weighted by atomic mass is 16.7. The van der Waals surface area contributed by atoms with Crippen LogP contribution in [0.25, 0.3) is 0 Å². The summed E-state index contributed by atoms with van der Waals surface area (Å²) in [5, 5.41) is 38.5. The minimum absolute atomic E-state index is 0.0893. The molecule has 1 aromatic carbocycles. The third-order valence-corrected chi connectivity index (χ3v) is 2.80. The van der Waals surface area contributed by atoms with Crippen LogP contribution < -0.4 is 4.74 Å². The van der Waals surface area contributed by atoms with E-state index in [2.05, 4.69) is 0 Å². The molecule has 8 nitrogen and oxygen atoms in total. The van der Waals surface area contributed by atoms with Gasteiger partial charge < -0.3 is 24.8 Å². The molecule has 0 saturated carbocycles. The summed E-state index contributed by atoms with van der Waals surface area (Å²) in [7, 11) is 0. The normalized spacial score (nSPS) is 30.3. The smallest absolute Gasteiger partial charge is 0.269 e. The van der Waals surface area contributed by atoms with E-state index in [9.17, 15) is 20.3 Å². The van der Waals surface area contributed by atoms with Crippen molar-refractivity contribution in [2.75, 3.05) is 6.61 Å². The second-order valence-electron chi connectivity index (χ2n) is 4.08. The highest BCUT2D eigenvalue weighted by molar-refractivity contribution is 5.36. The summed E-state index contributed by atoms with van der Waals surface area (Å²) in [6.45, 7) is -0.446. The van der Waals surface area contributed by atoms with Crippen LogP contribution in [0.15, 0.2) is 24.3 Å². The van der Waals surface area contributed by atoms with E-state index in [1.54, 1.807) is 0 Å². The quantitative estimate of drug-likeness (QED) is 0.494. The highest BCUT2D eigenvalue weighted by Gasteiger charge is 2.43. The summed E-state index contributed by atoms with van der Waals surface area (Å²) in [5.74, 6) is 0.250. The van der Waals surface area contributed by atoms with Gasteiger partial charge in [0.2, 0.25) is 6.29 Å². The molecule has 0 aliphatic carbocycles. The number of rotatable bonds is 4. The van der Waals surface area contributed by atoms with Crippen LogP contribution in [0, 0.1) is 10.1 Å². The molecule has 1 aliphatic heterocycles. The number of benzene rings is 1. The molecule has 1 aliphatic rings. The SMILES string of the molecule is O=[N+]([O-])c1ccc(OC2O[C@@H](CO)[C@H](O)[C@H]2O)cc1. The third-order valence-electron chi connectivity index (χ3n) is 2.80. The van der Waals surface area contributed by atoms with Crippen LogP contribution in [0.2, 0.25) is 0 Å². The Bertz CT molecular complexity index is 449. The molecule has 19 heavy (non-hydrogen) atoms. The fourth-order valence-electron chi connectivity index (χ4n) is 1.74. The van der Waals surface area contributed by atoms with Gasteiger partial charge in [-0.1, -0.05) is 0 Å². The fourth-order valence-corrected chi connectivity index (χ4v) is 1.74. The van der Waals surface area contributed by atoms with Gasteiger partial charge in [-0.25, -0.2) is 0 Å². The van der Waals surface area contributed by atoms with Crippen LogP contribution in [0.3, 0.4) is 0 Å². The van der Waals surface area contributed by atoms with Crippen molar-refractivity contribution in [2.45, 2.75) is 24.6 Å². The number of aliphatic hydroxyl groups excluding tert-OH is 3. The molecular weight excluding hydrogens is 258 g/mol. The van der Waals surface area contributed by atoms with Gasteiger partial charge in [0, 0.05) is 12.1 Å². The zero-order chi connectivity index (χ0) is 14.0. The maximum atomic E-state index is 10.5. The predicted octanol–water partition coefficient (Wildman–Crippen LogP) is -0.587. The van der Waals surface area contributed by atoms with Crippen molar-refractivity contribution in [1.29, 1.82) is 0 Å². The van der Waals surface area contributed by atoms with Crippen LogP contribution in [-0.4, -0.2) is 51.5 Å². The third kappa shape index (κ3) is 2.82. The first kappa shape index (κ1) is 13.7. The molecule has 0 spiro atoms. The summed E-state index contributed by atoms with van der Waals surface area (Å²) in [6.07, 6.45) is -4.59. The molecule has 2 rings (SSSR count). The average molecular weight is 271 g/mol. The first-order valence-electron chi connectivity index (χ1n) is 5.56. The number of hydrogen-bond acceptors (Lipinski definition) is 7. The topological polar surface area (TPSA) is 122 Å². The van der Waals surface area contributed by atoms with Gasteiger partial charge in [0.15, 0.2) is 0 Å². The lowest BCUT2D eigenvalue weighted by Crippen LogP contribution is -2.35. The van der Waals surface area contributed by atoms with E-state index in [0.29, 0.717) is 0 Å². The zero-order valence-corrected chi connectivity index (χ0v) is 9.75. The molecule has 0 radical (unpaired) electrons. The van der Waals surface area contributed by atoms with E-state index < -0.39 is 36.1 Å². The molecule has 3 N–H and O–H groups in total. The molecule has 1 fully saturated rings. The summed E-state index contributed by atoms with van der Waals surface area (Å²) < 4.78 is 10.4. The van der Waals surface area contributed by atoms with E-state index in [-0.39, 0.29) is 11.4 Å². The molecule has 4 atom stereocenters. The number of aliphatic hydroxyl groups is 3. The monoisotopic (exact) mass is 271 g/mol. The van der Waals surface area contributed by atoms with Crippen molar-refractivity contribution in [3.05, 3.63) is 34.4 Å². The van der Waals surface area contributed by atoms with Gasteiger partial charge in [-0.3, -0.25) is 10.1 Å². The summed E-state index contributed by atoms with van der Waals surface area (Å²) >= 11 is 0. The molecule has 8 heteroatoms. The van der Waals surface area contributed by atoms with E-state index in [0.717, 1.165) is 0 Å². The zero-order valence-electron chi connectivity index (χ0n) is 9.75. The van der Waals surface area contributed by atoms with E-state index >= 15 is 0 Å². The van der Waals surface area contributed by atoms with Crippen molar-refractivity contribution in [1.82, 2.24) is 0 Å². The maximum Gasteiger partial charge on any atom is 0.269 e. The average Bonchev–Trinajstić information content (AvgIpc) is 2.67. The van der Waals surface area contributed by atoms with Crippen molar-refractivity contribution in [3.63, 3.8) is 0 Å². The van der Waals surface area contributed by atoms with Crippen LogP contribution in [0.4, 0.5) is 5.69 Å². The number of nitrogens with zero attached hydrogens (tertiary/aromatic N) is 1. The minimum Gasteiger partial charge on any atom is -0.462 e. The lowest BCUT2D eigenvalue weighted by Gasteiger charge is -2.16. The lowest BCUT2D eigenvalue weighted by atomic mass is 10.1. The highest BCUT2D eigenvalue weighted by Crippen LogP contribution is 2.25. The number of nitro benzene ring substituents is 1. The Morgan fingerprint density at radius 1 is 1.26 bits per heavy atom. The second kappa shape index (κ2) is 5.49. The Morgan fingerprint density at radius 3 is 2.37 bits per heavy atom. The van der Waals surface area contributed by atoms with Gasteiger partial charge >= 0.3 is 0 Å². The van der Waals surface area contributed by atoms with Crippen molar-refractivity contribution in [2.24, 2.45) is 0 Å². The van der Waals surface area contributed by atoms with Crippen LogP contribution >= 0.6 is 0 Å². The Morgan fingerprint density at radius 2 is 1.89 bits per heavy atom. The maximum absolute atomic E-state index is 10.5. The van der Waals surface area contributed by atoms with Gasteiger partial charge in [-0.05, 0) is 12.1 Å². The summed E-state index contributed by atoms with van der Waals surface area (Å²) in [5.41, 5.74) is -0.0893. The summed E-state index contributed by atoms with van der Waals surface area (Å²) in [4.78, 5) is 9.93. The first-order valence-corrected chi connectivity index (χ1v) is 5.56. The Balaban J connectivity index is 2.03. The number of ether oxygens (including phenoxy) is 2. The van der Waals surface area contributed by atoms with E-state index in [4.69, 9.17) is 14.6 Å². The van der Waals surface area contributed by atoms with Crippen molar-refractivity contribution in [3.8, 4) is 5.75 Å². The molecule has 1 unspecified atom stereocenters. The van der Waals surface area contributed by atoms with Gasteiger partial charge in [-0.15, -0.1) is 0 Å². The molecule has 1 aromatic rings. The molecule has 104 valence electrons. The second-order valence-corrected chi connectivity index (χ2v) is 4.08. The van der Waals surface area contributed by atoms with Gasteiger partial charge in [0.25, 0.3) is 5.69 Å². The Kier molecular flexibility index (Phi) is 3.96. The number of nitro groups is 1. The molecule has 0 bridgehead atoms. The predicted molar refractivity (Wildman–Crippen MR) is 61.5 cm³/mol. The van der Waals surface area contributed by atoms with Crippen molar-refractivity contribution < 1.29 is 29.7 Å². The van der Waals surface area contributed by atoms with Crippen LogP contribution in [0.1, 0.15) is 0 Å². The largest absolute Gasteiger partial charge is 0.462 e. The van der Waals surface area contributed by atoms with Gasteiger partial charge in [0.1, 0.15) is 24.1 Å². The van der Waals surface area contributed by atoms with Crippen molar-refractivity contribution >= 4 is 5.69 Å². The van der Waals surface area contributed by atoms with E-state index in [1.165, 1.54) is 24.3 Å². The number of hydrogen-bond donors (Lipinski definition) is 3. The van der Waals surface area contributed by atoms with Gasteiger partial charge in [0.05, 0.1) is 11.5 Å². The fraction of sp³-hybridized carbons (Fsp3) is 0.455. The standard InChI is InChI=1S/C11H13NO7/c13-5-8-9(14)10(15)11(19-8)18-7-3-1-6(2-4-7)12(16)17/h1-4,8-11,13-15H,5H2/t8-,9-,10+,11?/m0/s1. The molecule has 0 amide bonds. The minimum atomic E-state index is -1.30.